The number of hydrogen-bond acceptors (Lipinski definition) is 16. The molecule has 18 heteroatoms. The maximum absolute atomic E-state index is 13.5. The standard InChI is InChI=1S/C51H89O17P/c1-3-5-7-8-9-10-11-12-13-14-15-16-17-18-19-20-21-22-24-29-44(56)65-35-39-36-66-69(63,64)68-51-49(61)46(58)40(32-31-37(52)27-23-6-4-2)42(54)34-43(55)41(47(59)48(60)50(51)62)33-38(53)28-25-26-30-45(57)67-39/h9-10,12-13,31-32,37,39-43,46-52,54-55,58-62H,3-8,11,14-30,33-36H2,1-2H3,(H,63,64)/b10-9-,13-12-,32-31+/t37-,39+,40-,41-,42+,43-,46+,47+,48-,49+,50+,51+/m0/s1. The Bertz CT molecular complexity index is 1540. The smallest absolute Gasteiger partial charge is 0.462 e. The number of allylic oxidation sites excluding steroid dienone is 4. The molecule has 0 spiro atoms. The monoisotopic (exact) mass is 1000 g/mol. The first-order valence-electron chi connectivity index (χ1n) is 26.0. The summed E-state index contributed by atoms with van der Waals surface area (Å²) >= 11 is 0. The normalized spacial score (nSPS) is 31.2. The van der Waals surface area contributed by atoms with Gasteiger partial charge in [0.2, 0.25) is 0 Å². The molecule has 400 valence electrons. The molecule has 1 aliphatic heterocycles. The number of Topliss-reactive ketones (excluding diaryl/α,β-unsaturated/α-hetero) is 1. The van der Waals surface area contributed by atoms with Crippen molar-refractivity contribution in [2.24, 2.45) is 11.8 Å². The number of aliphatic hydroxyl groups is 8. The molecule has 0 aromatic carbocycles. The Morgan fingerprint density at radius 1 is 0.725 bits per heavy atom. The van der Waals surface area contributed by atoms with Crippen LogP contribution >= 0.6 is 7.82 Å². The summed E-state index contributed by atoms with van der Waals surface area (Å²) in [5, 5.41) is 90.0. The quantitative estimate of drug-likeness (QED) is 0.0193. The van der Waals surface area contributed by atoms with Crippen LogP contribution in [-0.4, -0.2) is 138 Å². The highest BCUT2D eigenvalue weighted by atomic mass is 31.2. The van der Waals surface area contributed by atoms with Gasteiger partial charge in [-0.1, -0.05) is 127 Å². The molecule has 1 saturated carbocycles. The zero-order valence-corrected chi connectivity index (χ0v) is 42.3. The van der Waals surface area contributed by atoms with E-state index in [0.717, 1.165) is 64.2 Å². The average Bonchev–Trinajstić information content (AvgIpc) is 3.31. The van der Waals surface area contributed by atoms with Crippen LogP contribution in [0.1, 0.15) is 181 Å². The van der Waals surface area contributed by atoms with Crippen molar-refractivity contribution in [3.05, 3.63) is 36.5 Å². The number of hydrogen-bond donors (Lipinski definition) is 9. The van der Waals surface area contributed by atoms with Gasteiger partial charge in [0.25, 0.3) is 0 Å². The third-order valence-corrected chi connectivity index (χ3v) is 13.9. The van der Waals surface area contributed by atoms with Crippen molar-refractivity contribution in [3.63, 3.8) is 0 Å². The lowest BCUT2D eigenvalue weighted by atomic mass is 9.82. The molecular formula is C51H89O17P. The fraction of sp³-hybridized carbons (Fsp3) is 0.824. The number of esters is 2. The lowest BCUT2D eigenvalue weighted by Crippen LogP contribution is -2.56. The van der Waals surface area contributed by atoms with Crippen LogP contribution < -0.4 is 0 Å². The second-order valence-corrected chi connectivity index (χ2v) is 20.4. The second-order valence-electron chi connectivity index (χ2n) is 19.0. The van der Waals surface area contributed by atoms with Gasteiger partial charge in [-0.3, -0.25) is 23.4 Å². The van der Waals surface area contributed by atoms with Gasteiger partial charge in [-0.2, -0.15) is 0 Å². The van der Waals surface area contributed by atoms with Crippen molar-refractivity contribution < 1.29 is 83.2 Å². The molecule has 2 fully saturated rings. The number of phosphoric ester groups is 1. The molecule has 69 heavy (non-hydrogen) atoms. The highest BCUT2D eigenvalue weighted by Gasteiger charge is 2.49. The van der Waals surface area contributed by atoms with E-state index in [1.165, 1.54) is 50.7 Å². The van der Waals surface area contributed by atoms with E-state index < -0.39 is 124 Å². The fourth-order valence-corrected chi connectivity index (χ4v) is 9.59. The van der Waals surface area contributed by atoms with Gasteiger partial charge in [0.05, 0.1) is 37.1 Å². The topological polar surface area (TPSA) is 287 Å². The number of rotatable bonds is 26. The molecule has 9 N–H and O–H groups in total. The average molecular weight is 1010 g/mol. The lowest BCUT2D eigenvalue weighted by Gasteiger charge is -2.37. The number of unbranched alkanes of at least 4 members (excludes halogenated alkanes) is 14. The summed E-state index contributed by atoms with van der Waals surface area (Å²) in [4.78, 5) is 49.7. The van der Waals surface area contributed by atoms with E-state index in [1.807, 2.05) is 6.92 Å². The van der Waals surface area contributed by atoms with Gasteiger partial charge in [0.1, 0.15) is 36.8 Å². The van der Waals surface area contributed by atoms with Gasteiger partial charge in [-0.15, -0.1) is 0 Å². The van der Waals surface area contributed by atoms with Gasteiger partial charge < -0.3 is 55.2 Å². The summed E-state index contributed by atoms with van der Waals surface area (Å²) in [7, 11) is -5.49. The molecule has 17 nitrogen and oxygen atoms in total. The maximum Gasteiger partial charge on any atom is 0.472 e. The van der Waals surface area contributed by atoms with Crippen molar-refractivity contribution in [2.45, 2.75) is 242 Å². The first kappa shape index (κ1) is 62.7. The molecule has 0 amide bonds. The van der Waals surface area contributed by atoms with E-state index in [4.69, 9.17) is 18.5 Å². The predicted molar refractivity (Wildman–Crippen MR) is 260 cm³/mol. The number of phosphoric acid groups is 1. The van der Waals surface area contributed by atoms with E-state index in [0.29, 0.717) is 19.3 Å². The highest BCUT2D eigenvalue weighted by Crippen LogP contribution is 2.47. The summed E-state index contributed by atoms with van der Waals surface area (Å²) < 4.78 is 34.6. The third-order valence-electron chi connectivity index (χ3n) is 12.9. The van der Waals surface area contributed by atoms with Crippen molar-refractivity contribution in [1.82, 2.24) is 0 Å². The third kappa shape index (κ3) is 26.8. The molecule has 0 aromatic rings. The molecule has 1 unspecified atom stereocenters. The SMILES string of the molecule is CCCCC/C=C\C/C=C\CCCCCCCCCCCC(=O)OC[C@@H]1COP(=O)(O)O[C@H]2[C@H](O)[C@@H](O)[C@H](O)[C@@H](CC(=O)CCCCC(=O)O1)[C@@H](O)C[C@@H](O)[C@H](/C=C/[C@@H](O)CCCCC)[C@@H](O)[C@H]2O. The van der Waals surface area contributed by atoms with Gasteiger partial charge in [-0.25, -0.2) is 4.57 Å². The fourth-order valence-electron chi connectivity index (χ4n) is 8.61. The van der Waals surface area contributed by atoms with Gasteiger partial charge >= 0.3 is 19.8 Å². The van der Waals surface area contributed by atoms with Crippen LogP contribution in [0.4, 0.5) is 0 Å². The first-order valence-corrected chi connectivity index (χ1v) is 27.5. The number of carbonyl (C=O) groups excluding carboxylic acids is 3. The van der Waals surface area contributed by atoms with Gasteiger partial charge in [0.15, 0.2) is 6.10 Å². The maximum atomic E-state index is 13.5. The van der Waals surface area contributed by atoms with Crippen molar-refractivity contribution >= 4 is 25.5 Å². The molecule has 0 radical (unpaired) electrons. The Kier molecular flexibility index (Phi) is 33.2. The van der Waals surface area contributed by atoms with Crippen LogP contribution in [0.2, 0.25) is 0 Å². The lowest BCUT2D eigenvalue weighted by molar-refractivity contribution is -0.168. The molecule has 1 saturated heterocycles. The minimum atomic E-state index is -5.49. The minimum absolute atomic E-state index is 0.0772. The number of carbonyl (C=O) groups is 3. The summed E-state index contributed by atoms with van der Waals surface area (Å²) in [5.41, 5.74) is 0. The van der Waals surface area contributed by atoms with Crippen LogP contribution in [0.15, 0.2) is 36.5 Å². The summed E-state index contributed by atoms with van der Waals surface area (Å²) in [6, 6.07) is 0. The van der Waals surface area contributed by atoms with Crippen LogP contribution in [0.3, 0.4) is 0 Å². The molecule has 1 aliphatic carbocycles. The van der Waals surface area contributed by atoms with Crippen LogP contribution in [0, 0.1) is 11.8 Å². The molecule has 1 heterocycles. The van der Waals surface area contributed by atoms with E-state index in [-0.39, 0.29) is 32.1 Å². The van der Waals surface area contributed by atoms with E-state index in [1.54, 1.807) is 0 Å². The summed E-state index contributed by atoms with van der Waals surface area (Å²) in [6.45, 7) is 2.71. The van der Waals surface area contributed by atoms with Crippen LogP contribution in [-0.2, 0) is 37.5 Å². The Labute approximate surface area is 411 Å². The van der Waals surface area contributed by atoms with Crippen LogP contribution in [0.5, 0.6) is 0 Å². The van der Waals surface area contributed by atoms with Gasteiger partial charge in [-0.05, 0) is 57.8 Å². The minimum Gasteiger partial charge on any atom is -0.462 e. The number of fused-ring (bicyclic) bond motifs is 4. The molecule has 2 aliphatic rings. The first-order chi connectivity index (χ1) is 33.0. The highest BCUT2D eigenvalue weighted by molar-refractivity contribution is 7.47. The number of ether oxygens (including phenoxy) is 2. The van der Waals surface area contributed by atoms with Crippen molar-refractivity contribution in [3.8, 4) is 0 Å². The molecule has 13 atom stereocenters. The number of ketones is 1. The van der Waals surface area contributed by atoms with Gasteiger partial charge in [0, 0.05) is 43.9 Å². The summed E-state index contributed by atoms with van der Waals surface area (Å²) in [6.07, 6.45) is 9.22. The predicted octanol–water partition coefficient (Wildman–Crippen LogP) is 6.51. The van der Waals surface area contributed by atoms with E-state index in [2.05, 4.69) is 31.2 Å². The Hall–Kier alpha value is -2.38. The number of aliphatic hydroxyl groups excluding tert-OH is 8. The summed E-state index contributed by atoms with van der Waals surface area (Å²) in [5.74, 6) is -5.00. The van der Waals surface area contributed by atoms with Crippen molar-refractivity contribution in [1.29, 1.82) is 0 Å². The molecular weight excluding hydrogens is 916 g/mol. The number of cyclic esters (lactones) is 1. The Morgan fingerprint density at radius 2 is 1.30 bits per heavy atom. The molecule has 0 aromatic heterocycles. The zero-order chi connectivity index (χ0) is 51.0. The van der Waals surface area contributed by atoms with E-state index >= 15 is 0 Å². The largest absolute Gasteiger partial charge is 0.472 e. The molecule has 2 bridgehead atoms. The zero-order valence-electron chi connectivity index (χ0n) is 41.4. The van der Waals surface area contributed by atoms with Crippen molar-refractivity contribution in [2.75, 3.05) is 13.2 Å². The Morgan fingerprint density at radius 3 is 1.96 bits per heavy atom. The Balaban J connectivity index is 2.06. The molecule has 2 rings (SSSR count). The van der Waals surface area contributed by atoms with E-state index in [9.17, 15) is 64.7 Å². The van der Waals surface area contributed by atoms with Crippen LogP contribution in [0.25, 0.3) is 0 Å². The second kappa shape index (κ2) is 36.5.